The highest BCUT2D eigenvalue weighted by atomic mass is 19.1. The fourth-order valence-corrected chi connectivity index (χ4v) is 1.53. The van der Waals surface area contributed by atoms with Crippen LogP contribution in [0.2, 0.25) is 0 Å². The molecule has 0 amide bonds. The number of aryl methyl sites for hydroxylation is 1. The third-order valence-electron chi connectivity index (χ3n) is 2.46. The van der Waals surface area contributed by atoms with Gasteiger partial charge in [0.2, 0.25) is 11.6 Å². The van der Waals surface area contributed by atoms with Crippen molar-refractivity contribution in [2.24, 2.45) is 0 Å². The molecule has 0 aliphatic heterocycles. The highest BCUT2D eigenvalue weighted by molar-refractivity contribution is 5.50. The molecule has 0 bridgehead atoms. The van der Waals surface area contributed by atoms with Gasteiger partial charge in [-0.25, -0.2) is 9.37 Å². The normalized spacial score (nSPS) is 9.85. The summed E-state index contributed by atoms with van der Waals surface area (Å²) in [5.41, 5.74) is 0.0725. The van der Waals surface area contributed by atoms with Gasteiger partial charge in [-0.2, -0.15) is 5.26 Å². The van der Waals surface area contributed by atoms with Gasteiger partial charge in [-0.15, -0.1) is 0 Å². The third kappa shape index (κ3) is 2.54. The number of nitriles is 1. The lowest BCUT2D eigenvalue weighted by Crippen LogP contribution is -1.99. The molecular formula is C13H8FN3O3. The summed E-state index contributed by atoms with van der Waals surface area (Å²) in [6, 6.07) is 8.21. The summed E-state index contributed by atoms with van der Waals surface area (Å²) in [6.07, 6.45) is 0. The van der Waals surface area contributed by atoms with E-state index >= 15 is 0 Å². The van der Waals surface area contributed by atoms with Crippen LogP contribution in [0, 0.1) is 34.2 Å². The van der Waals surface area contributed by atoms with E-state index in [0.29, 0.717) is 5.69 Å². The lowest BCUT2D eigenvalue weighted by Gasteiger charge is -2.08. The number of nitro benzene ring substituents is 1. The van der Waals surface area contributed by atoms with E-state index in [1.54, 1.807) is 13.0 Å². The molecule has 20 heavy (non-hydrogen) atoms. The Morgan fingerprint density at radius 1 is 1.40 bits per heavy atom. The van der Waals surface area contributed by atoms with Crippen molar-refractivity contribution in [2.75, 3.05) is 0 Å². The van der Waals surface area contributed by atoms with Crippen molar-refractivity contribution in [3.05, 3.63) is 57.5 Å². The van der Waals surface area contributed by atoms with Crippen molar-refractivity contribution in [3.63, 3.8) is 0 Å². The molecule has 1 aromatic carbocycles. The smallest absolute Gasteiger partial charge is 0.314 e. The quantitative estimate of drug-likeness (QED) is 0.633. The molecule has 2 rings (SSSR count). The van der Waals surface area contributed by atoms with Gasteiger partial charge >= 0.3 is 5.69 Å². The fourth-order valence-electron chi connectivity index (χ4n) is 1.53. The summed E-state index contributed by atoms with van der Waals surface area (Å²) in [5.74, 6) is -1.63. The van der Waals surface area contributed by atoms with E-state index in [1.807, 2.05) is 6.07 Å². The predicted molar refractivity (Wildman–Crippen MR) is 66.8 cm³/mol. The maximum absolute atomic E-state index is 13.7. The average molecular weight is 273 g/mol. The van der Waals surface area contributed by atoms with E-state index in [0.717, 1.165) is 12.1 Å². The zero-order chi connectivity index (χ0) is 14.7. The van der Waals surface area contributed by atoms with Crippen molar-refractivity contribution < 1.29 is 14.1 Å². The van der Waals surface area contributed by atoms with E-state index in [-0.39, 0.29) is 11.4 Å². The van der Waals surface area contributed by atoms with Crippen LogP contribution in [0.4, 0.5) is 10.1 Å². The number of ether oxygens (including phenoxy) is 1. The zero-order valence-electron chi connectivity index (χ0n) is 10.3. The number of halogens is 1. The second kappa shape index (κ2) is 5.32. The second-order valence-electron chi connectivity index (χ2n) is 3.86. The van der Waals surface area contributed by atoms with Crippen LogP contribution in [-0.4, -0.2) is 9.91 Å². The molecule has 0 N–H and O–H groups in total. The standard InChI is InChI=1S/C13H8FN3O3/c1-8-5-6-9(7-15)13(16-8)20-12-10(14)3-2-4-11(12)17(18)19/h2-6H,1H3. The molecule has 0 saturated heterocycles. The van der Waals surface area contributed by atoms with E-state index in [4.69, 9.17) is 10.00 Å². The van der Waals surface area contributed by atoms with Crippen LogP contribution in [0.1, 0.15) is 11.3 Å². The van der Waals surface area contributed by atoms with Gasteiger partial charge in [0.05, 0.1) is 4.92 Å². The number of hydrogen-bond donors (Lipinski definition) is 0. The Hall–Kier alpha value is -3.01. The maximum Gasteiger partial charge on any atom is 0.314 e. The highest BCUT2D eigenvalue weighted by Crippen LogP contribution is 2.34. The third-order valence-corrected chi connectivity index (χ3v) is 2.46. The van der Waals surface area contributed by atoms with Crippen LogP contribution in [-0.2, 0) is 0 Å². The van der Waals surface area contributed by atoms with Gasteiger partial charge < -0.3 is 4.74 Å². The lowest BCUT2D eigenvalue weighted by atomic mass is 10.2. The zero-order valence-corrected chi connectivity index (χ0v) is 10.3. The second-order valence-corrected chi connectivity index (χ2v) is 3.86. The molecule has 0 spiro atoms. The SMILES string of the molecule is Cc1ccc(C#N)c(Oc2c(F)cccc2[N+](=O)[O-])n1. The summed E-state index contributed by atoms with van der Waals surface area (Å²) in [5, 5.41) is 19.8. The van der Waals surface area contributed by atoms with E-state index < -0.39 is 22.2 Å². The molecule has 1 aromatic heterocycles. The average Bonchev–Trinajstić information content (AvgIpc) is 2.41. The molecule has 6 nitrogen and oxygen atoms in total. The number of nitrogens with zero attached hydrogens (tertiary/aromatic N) is 3. The Kier molecular flexibility index (Phi) is 3.57. The Morgan fingerprint density at radius 2 is 2.15 bits per heavy atom. The first-order chi connectivity index (χ1) is 9.52. The van der Waals surface area contributed by atoms with Crippen LogP contribution in [0.5, 0.6) is 11.6 Å². The van der Waals surface area contributed by atoms with Crippen molar-refractivity contribution in [2.45, 2.75) is 6.92 Å². The van der Waals surface area contributed by atoms with Crippen molar-refractivity contribution >= 4 is 5.69 Å². The van der Waals surface area contributed by atoms with Gasteiger partial charge in [0.25, 0.3) is 0 Å². The minimum absolute atomic E-state index is 0.0631. The fraction of sp³-hybridized carbons (Fsp3) is 0.0769. The van der Waals surface area contributed by atoms with Crippen molar-refractivity contribution in [1.29, 1.82) is 5.26 Å². The monoisotopic (exact) mass is 273 g/mol. The number of aromatic nitrogens is 1. The molecule has 0 atom stereocenters. The van der Waals surface area contributed by atoms with Gasteiger partial charge in [0.1, 0.15) is 11.6 Å². The van der Waals surface area contributed by atoms with Gasteiger partial charge in [0, 0.05) is 11.8 Å². The number of nitro groups is 1. The van der Waals surface area contributed by atoms with Crippen LogP contribution >= 0.6 is 0 Å². The van der Waals surface area contributed by atoms with Crippen LogP contribution in [0.25, 0.3) is 0 Å². The molecule has 100 valence electrons. The molecule has 0 saturated carbocycles. The van der Waals surface area contributed by atoms with E-state index in [1.165, 1.54) is 12.1 Å². The first-order valence-electron chi connectivity index (χ1n) is 5.51. The molecule has 0 aliphatic rings. The van der Waals surface area contributed by atoms with Crippen molar-refractivity contribution in [3.8, 4) is 17.7 Å². The van der Waals surface area contributed by atoms with Crippen LogP contribution in [0.3, 0.4) is 0 Å². The number of para-hydroxylation sites is 1. The predicted octanol–water partition coefficient (Wildman–Crippen LogP) is 3.10. The highest BCUT2D eigenvalue weighted by Gasteiger charge is 2.21. The van der Waals surface area contributed by atoms with Gasteiger partial charge in [0.15, 0.2) is 5.82 Å². The summed E-state index contributed by atoms with van der Waals surface area (Å²) >= 11 is 0. The van der Waals surface area contributed by atoms with E-state index in [9.17, 15) is 14.5 Å². The molecule has 7 heteroatoms. The topological polar surface area (TPSA) is 89.0 Å². The summed E-state index contributed by atoms with van der Waals surface area (Å²) < 4.78 is 18.8. The van der Waals surface area contributed by atoms with Crippen LogP contribution in [0.15, 0.2) is 30.3 Å². The molecule has 0 aliphatic carbocycles. The lowest BCUT2D eigenvalue weighted by molar-refractivity contribution is -0.385. The Balaban J connectivity index is 2.53. The Bertz CT molecular complexity index is 725. The number of benzene rings is 1. The maximum atomic E-state index is 13.7. The van der Waals surface area contributed by atoms with Gasteiger partial charge in [-0.1, -0.05) is 6.07 Å². The first kappa shape index (κ1) is 13.4. The first-order valence-corrected chi connectivity index (χ1v) is 5.51. The molecule has 2 aromatic rings. The Morgan fingerprint density at radius 3 is 2.80 bits per heavy atom. The van der Waals surface area contributed by atoms with Gasteiger partial charge in [-0.3, -0.25) is 10.1 Å². The summed E-state index contributed by atoms with van der Waals surface area (Å²) in [7, 11) is 0. The van der Waals surface area contributed by atoms with Gasteiger partial charge in [-0.05, 0) is 25.1 Å². The molecule has 1 heterocycles. The van der Waals surface area contributed by atoms with Crippen LogP contribution < -0.4 is 4.74 Å². The molecule has 0 radical (unpaired) electrons. The molecular weight excluding hydrogens is 265 g/mol. The minimum atomic E-state index is -0.897. The minimum Gasteiger partial charge on any atom is -0.427 e. The number of hydrogen-bond acceptors (Lipinski definition) is 5. The van der Waals surface area contributed by atoms with E-state index in [2.05, 4.69) is 4.98 Å². The summed E-state index contributed by atoms with van der Waals surface area (Å²) in [4.78, 5) is 14.0. The molecule has 0 fully saturated rings. The molecule has 0 unspecified atom stereocenters. The number of pyridine rings is 1. The largest absolute Gasteiger partial charge is 0.427 e. The Labute approximate surface area is 113 Å². The van der Waals surface area contributed by atoms with Crippen molar-refractivity contribution in [1.82, 2.24) is 4.98 Å². The summed E-state index contributed by atoms with van der Waals surface area (Å²) in [6.45, 7) is 1.66. The number of rotatable bonds is 3.